The van der Waals surface area contributed by atoms with Crippen LogP contribution in [-0.2, 0) is 13.0 Å². The smallest absolute Gasteiger partial charge is 0.263 e. The molecule has 172 valence electrons. The van der Waals surface area contributed by atoms with Crippen LogP contribution < -0.4 is 10.3 Å². The first-order chi connectivity index (χ1) is 16.5. The molecule has 3 heterocycles. The Bertz CT molecular complexity index is 1600. The number of oxazole rings is 1. The van der Waals surface area contributed by atoms with Crippen molar-refractivity contribution in [1.82, 2.24) is 14.5 Å². The Morgan fingerprint density at radius 1 is 1.29 bits per heavy atom. The number of fused-ring (bicyclic) bond motifs is 3. The molecule has 34 heavy (non-hydrogen) atoms. The second-order valence-electron chi connectivity index (χ2n) is 8.39. The zero-order valence-electron chi connectivity index (χ0n) is 18.2. The fourth-order valence-corrected chi connectivity index (χ4v) is 5.71. The van der Waals surface area contributed by atoms with Gasteiger partial charge in [-0.25, -0.2) is 9.97 Å². The topological polar surface area (TPSA) is 90.4 Å². The Balaban J connectivity index is 1.62. The number of methoxy groups -OCH3 is 1. The van der Waals surface area contributed by atoms with Crippen molar-refractivity contribution in [2.75, 3.05) is 7.11 Å². The SMILES string of the molecule is COc1ccc(-c2nc3sc4c(O)c(Cl)ccc4c3c(=O)n2CCc2cnco2)c(C2CC2)c1. The minimum Gasteiger partial charge on any atom is -0.505 e. The van der Waals surface area contributed by atoms with Crippen LogP contribution in [0, 0.1) is 0 Å². The Kier molecular flexibility index (Phi) is 5.08. The molecule has 0 aliphatic heterocycles. The predicted molar refractivity (Wildman–Crippen MR) is 132 cm³/mol. The van der Waals surface area contributed by atoms with E-state index in [1.54, 1.807) is 30.0 Å². The second kappa shape index (κ2) is 8.14. The van der Waals surface area contributed by atoms with Crippen LogP contribution >= 0.6 is 22.9 Å². The average molecular weight is 494 g/mol. The lowest BCUT2D eigenvalue weighted by molar-refractivity contribution is 0.414. The highest BCUT2D eigenvalue weighted by Gasteiger charge is 2.29. The summed E-state index contributed by atoms with van der Waals surface area (Å²) in [7, 11) is 1.65. The quantitative estimate of drug-likeness (QED) is 0.323. The average Bonchev–Trinajstić information content (AvgIpc) is 3.42. The maximum absolute atomic E-state index is 13.9. The van der Waals surface area contributed by atoms with Crippen molar-refractivity contribution in [3.05, 3.63) is 69.6 Å². The number of thiophene rings is 1. The molecule has 0 spiro atoms. The van der Waals surface area contributed by atoms with E-state index in [0.29, 0.717) is 50.8 Å². The molecule has 5 aromatic rings. The summed E-state index contributed by atoms with van der Waals surface area (Å²) in [5, 5.41) is 11.9. The number of aromatic hydroxyl groups is 1. The molecule has 9 heteroatoms. The van der Waals surface area contributed by atoms with E-state index in [1.165, 1.54) is 17.7 Å². The van der Waals surface area contributed by atoms with Crippen molar-refractivity contribution in [3.63, 3.8) is 0 Å². The van der Waals surface area contributed by atoms with Gasteiger partial charge in [-0.05, 0) is 48.6 Å². The zero-order valence-corrected chi connectivity index (χ0v) is 19.8. The molecule has 1 aliphatic rings. The number of nitrogens with zero attached hydrogens (tertiary/aromatic N) is 3. The lowest BCUT2D eigenvalue weighted by atomic mass is 10.0. The lowest BCUT2D eigenvalue weighted by Crippen LogP contribution is -2.24. The molecular formula is C25H20ClN3O4S. The predicted octanol–water partition coefficient (Wildman–Crippen LogP) is 5.75. The Morgan fingerprint density at radius 2 is 2.15 bits per heavy atom. The number of hydrogen-bond donors (Lipinski definition) is 1. The molecule has 6 rings (SSSR count). The van der Waals surface area contributed by atoms with Gasteiger partial charge in [0.1, 0.15) is 22.2 Å². The van der Waals surface area contributed by atoms with Gasteiger partial charge in [-0.1, -0.05) is 17.7 Å². The van der Waals surface area contributed by atoms with Crippen LogP contribution in [0.15, 0.2) is 52.1 Å². The van der Waals surface area contributed by atoms with E-state index < -0.39 is 0 Å². The lowest BCUT2D eigenvalue weighted by Gasteiger charge is -2.16. The van der Waals surface area contributed by atoms with Crippen LogP contribution in [0.4, 0.5) is 0 Å². The maximum atomic E-state index is 13.9. The number of phenols is 1. The monoisotopic (exact) mass is 493 g/mol. The minimum absolute atomic E-state index is 0.0283. The van der Waals surface area contributed by atoms with Gasteiger partial charge in [-0.3, -0.25) is 9.36 Å². The molecule has 0 saturated heterocycles. The molecule has 1 saturated carbocycles. The van der Waals surface area contributed by atoms with Gasteiger partial charge in [-0.15, -0.1) is 11.3 Å². The third-order valence-electron chi connectivity index (χ3n) is 6.27. The first-order valence-electron chi connectivity index (χ1n) is 11.0. The highest BCUT2D eigenvalue weighted by atomic mass is 35.5. The summed E-state index contributed by atoms with van der Waals surface area (Å²) in [4.78, 5) is 23.4. The Hall–Kier alpha value is -3.36. The molecule has 3 aromatic heterocycles. The number of benzene rings is 2. The summed E-state index contributed by atoms with van der Waals surface area (Å²) in [6, 6.07) is 9.29. The molecule has 1 N–H and O–H groups in total. The van der Waals surface area contributed by atoms with Crippen molar-refractivity contribution >= 4 is 43.2 Å². The molecule has 2 aromatic carbocycles. The highest BCUT2D eigenvalue weighted by Crippen LogP contribution is 2.46. The first-order valence-corrected chi connectivity index (χ1v) is 12.1. The van der Waals surface area contributed by atoms with Crippen LogP contribution in [-0.4, -0.2) is 26.8 Å². The third kappa shape index (κ3) is 3.45. The van der Waals surface area contributed by atoms with Gasteiger partial charge >= 0.3 is 0 Å². The Labute approximate surface area is 203 Å². The fourth-order valence-electron chi connectivity index (χ4n) is 4.39. The number of halogens is 1. The first kappa shape index (κ1) is 21.2. The van der Waals surface area contributed by atoms with Gasteiger partial charge < -0.3 is 14.3 Å². The normalized spacial score (nSPS) is 13.7. The van der Waals surface area contributed by atoms with Gasteiger partial charge in [0.2, 0.25) is 0 Å². The Morgan fingerprint density at radius 3 is 2.88 bits per heavy atom. The number of phenolic OH excluding ortho intramolecular Hbond substituents is 1. The standard InChI is InChI=1S/C25H20ClN3O4S/c1-32-14-4-5-16(18(10-14)13-2-3-13)23-28-24-20(17-6-7-19(26)21(30)22(17)34-24)25(31)29(23)9-8-15-11-27-12-33-15/h4-7,10-13,30H,2-3,8-9H2,1H3. The minimum atomic E-state index is -0.162. The molecule has 1 fully saturated rings. The summed E-state index contributed by atoms with van der Waals surface area (Å²) < 4.78 is 13.1. The van der Waals surface area contributed by atoms with Gasteiger partial charge in [0.15, 0.2) is 12.1 Å². The summed E-state index contributed by atoms with van der Waals surface area (Å²) >= 11 is 7.41. The van der Waals surface area contributed by atoms with Crippen LogP contribution in [0.25, 0.3) is 31.7 Å². The van der Waals surface area contributed by atoms with E-state index in [0.717, 1.165) is 29.7 Å². The van der Waals surface area contributed by atoms with Crippen LogP contribution in [0.1, 0.15) is 30.1 Å². The molecular weight excluding hydrogens is 474 g/mol. The summed E-state index contributed by atoms with van der Waals surface area (Å²) in [5.41, 5.74) is 1.88. The van der Waals surface area contributed by atoms with E-state index in [-0.39, 0.29) is 16.3 Å². The van der Waals surface area contributed by atoms with Crippen molar-refractivity contribution in [2.24, 2.45) is 0 Å². The second-order valence-corrected chi connectivity index (χ2v) is 9.80. The van der Waals surface area contributed by atoms with Gasteiger partial charge in [-0.2, -0.15) is 0 Å². The van der Waals surface area contributed by atoms with Crippen LogP contribution in [0.3, 0.4) is 0 Å². The molecule has 0 radical (unpaired) electrons. The van der Waals surface area contributed by atoms with Gasteiger partial charge in [0, 0.05) is 23.9 Å². The third-order valence-corrected chi connectivity index (χ3v) is 7.68. The number of ether oxygens (including phenoxy) is 1. The van der Waals surface area contributed by atoms with E-state index in [9.17, 15) is 9.90 Å². The van der Waals surface area contributed by atoms with Crippen molar-refractivity contribution in [1.29, 1.82) is 0 Å². The number of hydrogen-bond acceptors (Lipinski definition) is 7. The maximum Gasteiger partial charge on any atom is 0.263 e. The van der Waals surface area contributed by atoms with E-state index in [1.807, 2.05) is 18.2 Å². The van der Waals surface area contributed by atoms with E-state index in [2.05, 4.69) is 4.98 Å². The zero-order chi connectivity index (χ0) is 23.4. The van der Waals surface area contributed by atoms with E-state index in [4.69, 9.17) is 25.7 Å². The summed E-state index contributed by atoms with van der Waals surface area (Å²) in [6.45, 7) is 0.374. The molecule has 7 nitrogen and oxygen atoms in total. The summed E-state index contributed by atoms with van der Waals surface area (Å²) in [5.74, 6) is 2.46. The molecule has 0 amide bonds. The van der Waals surface area contributed by atoms with Crippen molar-refractivity contribution in [2.45, 2.75) is 31.7 Å². The molecule has 0 atom stereocenters. The fraction of sp³-hybridized carbons (Fsp3) is 0.240. The molecule has 0 unspecified atom stereocenters. The van der Waals surface area contributed by atoms with Gasteiger partial charge in [0.05, 0.1) is 28.4 Å². The molecule has 1 aliphatic carbocycles. The van der Waals surface area contributed by atoms with E-state index >= 15 is 0 Å². The molecule has 0 bridgehead atoms. The number of aromatic nitrogens is 3. The van der Waals surface area contributed by atoms with Crippen molar-refractivity contribution < 1.29 is 14.3 Å². The highest BCUT2D eigenvalue weighted by molar-refractivity contribution is 7.25. The van der Waals surface area contributed by atoms with Crippen LogP contribution in [0.2, 0.25) is 5.02 Å². The van der Waals surface area contributed by atoms with Gasteiger partial charge in [0.25, 0.3) is 5.56 Å². The summed E-state index contributed by atoms with van der Waals surface area (Å²) in [6.07, 6.45) is 5.72. The van der Waals surface area contributed by atoms with Crippen molar-refractivity contribution in [3.8, 4) is 22.9 Å². The van der Waals surface area contributed by atoms with Crippen LogP contribution in [0.5, 0.6) is 11.5 Å². The largest absolute Gasteiger partial charge is 0.505 e. The number of rotatable bonds is 6. The number of aryl methyl sites for hydroxylation is 1.